The van der Waals surface area contributed by atoms with Gasteiger partial charge in [-0.25, -0.2) is 28.1 Å². The zero-order chi connectivity index (χ0) is 18.9. The fourth-order valence-electron chi connectivity index (χ4n) is 2.16. The minimum absolute atomic E-state index is 0.105. The van der Waals surface area contributed by atoms with Gasteiger partial charge in [-0.3, -0.25) is 0 Å². The van der Waals surface area contributed by atoms with Crippen molar-refractivity contribution in [3.8, 4) is 0 Å². The Kier molecular flexibility index (Phi) is 9.33. The van der Waals surface area contributed by atoms with E-state index in [-0.39, 0.29) is 12.0 Å². The van der Waals surface area contributed by atoms with Crippen LogP contribution in [0, 0.1) is 5.41 Å². The highest BCUT2D eigenvalue weighted by atomic mass is 16.2. The van der Waals surface area contributed by atoms with Crippen LogP contribution in [0.5, 0.6) is 0 Å². The van der Waals surface area contributed by atoms with E-state index in [1.54, 1.807) is 0 Å². The van der Waals surface area contributed by atoms with Gasteiger partial charge >= 0.3 is 17.1 Å². The van der Waals surface area contributed by atoms with Crippen molar-refractivity contribution in [3.63, 3.8) is 0 Å². The van der Waals surface area contributed by atoms with Crippen LogP contribution in [-0.2, 0) is 20.1 Å². The third-order valence-corrected chi connectivity index (χ3v) is 3.37. The van der Waals surface area contributed by atoms with Crippen LogP contribution in [0.3, 0.4) is 0 Å². The highest BCUT2D eigenvalue weighted by molar-refractivity contribution is 4.81. The van der Waals surface area contributed by atoms with E-state index in [1.165, 1.54) is 19.5 Å². The largest absolute Gasteiger partial charge is 0.336 e. The average Bonchev–Trinajstić information content (AvgIpc) is 2.48. The lowest BCUT2D eigenvalue weighted by molar-refractivity contribution is 0.350. The molecule has 0 aromatic carbocycles. The smallest absolute Gasteiger partial charge is 0.248 e. The number of hydrogen-bond acceptors (Lipinski definition) is 3. The van der Waals surface area contributed by atoms with Crippen molar-refractivity contribution in [2.45, 2.75) is 73.4 Å². The van der Waals surface area contributed by atoms with Gasteiger partial charge in [-0.15, -0.1) is 6.58 Å². The van der Waals surface area contributed by atoms with Crippen LogP contribution in [0.25, 0.3) is 0 Å². The maximum atomic E-state index is 12.2. The second-order valence-corrected chi connectivity index (χ2v) is 7.18. The molecule has 138 valence electrons. The molecular formula is C18H33N3O3. The summed E-state index contributed by atoms with van der Waals surface area (Å²) in [7, 11) is 1.38. The van der Waals surface area contributed by atoms with Gasteiger partial charge in [0.2, 0.25) is 0 Å². The van der Waals surface area contributed by atoms with E-state index in [9.17, 15) is 14.4 Å². The summed E-state index contributed by atoms with van der Waals surface area (Å²) in [5, 5.41) is 0. The van der Waals surface area contributed by atoms with Crippen molar-refractivity contribution in [2.75, 3.05) is 0 Å². The van der Waals surface area contributed by atoms with Crippen molar-refractivity contribution >= 4 is 0 Å². The Balaban J connectivity index is 0.00000163. The Bertz CT molecular complexity index is 687. The van der Waals surface area contributed by atoms with Crippen molar-refractivity contribution in [3.05, 3.63) is 44.1 Å². The number of rotatable bonds is 6. The Morgan fingerprint density at radius 2 is 1.46 bits per heavy atom. The summed E-state index contributed by atoms with van der Waals surface area (Å²) in [6.07, 6.45) is 5.41. The van der Waals surface area contributed by atoms with Gasteiger partial charge in [0, 0.05) is 13.6 Å². The molecule has 0 aliphatic carbocycles. The van der Waals surface area contributed by atoms with Gasteiger partial charge < -0.3 is 0 Å². The first kappa shape index (κ1) is 22.1. The third kappa shape index (κ3) is 6.72. The van der Waals surface area contributed by atoms with Crippen LogP contribution in [0.4, 0.5) is 0 Å². The number of hydrogen-bond donors (Lipinski definition) is 0. The SMILES string of the molecule is C=CCn1c(=O)n(C)c(=O)n(CCCCC(C)(C)C)c1=O.CCC. The van der Waals surface area contributed by atoms with E-state index >= 15 is 0 Å². The normalized spacial score (nSPS) is 10.9. The van der Waals surface area contributed by atoms with E-state index < -0.39 is 17.1 Å². The Labute approximate surface area is 144 Å². The van der Waals surface area contributed by atoms with Crippen LogP contribution in [0.1, 0.15) is 60.3 Å². The third-order valence-electron chi connectivity index (χ3n) is 3.37. The maximum absolute atomic E-state index is 12.2. The second-order valence-electron chi connectivity index (χ2n) is 7.18. The van der Waals surface area contributed by atoms with Crippen LogP contribution < -0.4 is 17.1 Å². The molecule has 0 aliphatic rings. The van der Waals surface area contributed by atoms with Crippen LogP contribution in [0.15, 0.2) is 27.0 Å². The van der Waals surface area contributed by atoms with Crippen LogP contribution >= 0.6 is 0 Å². The Hall–Kier alpha value is -1.85. The molecule has 0 amide bonds. The first-order valence-electron chi connectivity index (χ1n) is 8.62. The highest BCUT2D eigenvalue weighted by Crippen LogP contribution is 2.21. The van der Waals surface area contributed by atoms with Crippen LogP contribution in [0.2, 0.25) is 0 Å². The van der Waals surface area contributed by atoms with Gasteiger partial charge in [0.15, 0.2) is 0 Å². The molecular weight excluding hydrogens is 306 g/mol. The molecule has 0 saturated heterocycles. The average molecular weight is 339 g/mol. The van der Waals surface area contributed by atoms with Gasteiger partial charge in [-0.1, -0.05) is 53.5 Å². The van der Waals surface area contributed by atoms with Crippen LogP contribution in [-0.4, -0.2) is 13.7 Å². The van der Waals surface area contributed by atoms with Crippen molar-refractivity contribution < 1.29 is 0 Å². The minimum atomic E-state index is -0.601. The topological polar surface area (TPSA) is 66.0 Å². The molecule has 0 spiro atoms. The first-order valence-corrected chi connectivity index (χ1v) is 8.62. The highest BCUT2D eigenvalue weighted by Gasteiger charge is 2.13. The molecule has 0 bridgehead atoms. The number of aromatic nitrogens is 3. The summed E-state index contributed by atoms with van der Waals surface area (Å²) < 4.78 is 3.13. The molecule has 0 aliphatic heterocycles. The van der Waals surface area contributed by atoms with Crippen molar-refractivity contribution in [2.24, 2.45) is 12.5 Å². The van der Waals surface area contributed by atoms with E-state index in [0.717, 1.165) is 33.0 Å². The van der Waals surface area contributed by atoms with Gasteiger partial charge in [0.1, 0.15) is 0 Å². The zero-order valence-electron chi connectivity index (χ0n) is 16.1. The Morgan fingerprint density at radius 1 is 0.958 bits per heavy atom. The summed E-state index contributed by atoms with van der Waals surface area (Å²) in [4.78, 5) is 36.1. The summed E-state index contributed by atoms with van der Waals surface area (Å²) in [5.74, 6) is 0. The molecule has 0 fully saturated rings. The number of nitrogens with zero attached hydrogens (tertiary/aromatic N) is 3. The molecule has 1 aromatic heterocycles. The fourth-order valence-corrected chi connectivity index (χ4v) is 2.16. The molecule has 0 N–H and O–H groups in total. The van der Waals surface area contributed by atoms with E-state index in [2.05, 4.69) is 41.2 Å². The fraction of sp³-hybridized carbons (Fsp3) is 0.722. The van der Waals surface area contributed by atoms with E-state index in [1.807, 2.05) is 0 Å². The molecule has 0 atom stereocenters. The summed E-state index contributed by atoms with van der Waals surface area (Å²) in [6, 6.07) is 0. The quantitative estimate of drug-likeness (QED) is 0.591. The molecule has 6 nitrogen and oxygen atoms in total. The predicted molar refractivity (Wildman–Crippen MR) is 99.7 cm³/mol. The summed E-state index contributed by atoms with van der Waals surface area (Å²) >= 11 is 0. The number of unbranched alkanes of at least 4 members (excludes halogenated alkanes) is 1. The van der Waals surface area contributed by atoms with Gasteiger partial charge in [0.05, 0.1) is 6.54 Å². The molecule has 24 heavy (non-hydrogen) atoms. The lowest BCUT2D eigenvalue weighted by Gasteiger charge is -2.17. The molecule has 1 heterocycles. The number of allylic oxidation sites excluding steroid dienone is 1. The molecule has 1 aromatic rings. The standard InChI is InChI=1S/C15H25N3O3.C3H8/c1-6-10-17-12(19)16(5)13(20)18(14(17)21)11-8-7-9-15(2,3)4;1-3-2/h6H,1,7-11H2,2-5H3;3H2,1-2H3. The molecule has 0 radical (unpaired) electrons. The maximum Gasteiger partial charge on any atom is 0.336 e. The van der Waals surface area contributed by atoms with Gasteiger partial charge in [-0.2, -0.15) is 0 Å². The predicted octanol–water partition coefficient (Wildman–Crippen LogP) is 2.53. The molecule has 0 unspecified atom stereocenters. The minimum Gasteiger partial charge on any atom is -0.248 e. The Morgan fingerprint density at radius 3 is 1.92 bits per heavy atom. The van der Waals surface area contributed by atoms with E-state index in [0.29, 0.717) is 6.54 Å². The van der Waals surface area contributed by atoms with Crippen molar-refractivity contribution in [1.82, 2.24) is 13.7 Å². The zero-order valence-corrected chi connectivity index (χ0v) is 16.1. The van der Waals surface area contributed by atoms with E-state index in [4.69, 9.17) is 0 Å². The lowest BCUT2D eigenvalue weighted by atomic mass is 9.90. The monoisotopic (exact) mass is 339 g/mol. The molecule has 6 heteroatoms. The lowest BCUT2D eigenvalue weighted by Crippen LogP contribution is -2.53. The summed E-state index contributed by atoms with van der Waals surface area (Å²) in [6.45, 7) is 14.7. The van der Waals surface area contributed by atoms with Crippen molar-refractivity contribution in [1.29, 1.82) is 0 Å². The molecule has 0 saturated carbocycles. The van der Waals surface area contributed by atoms with Gasteiger partial charge in [-0.05, 0) is 18.3 Å². The second kappa shape index (κ2) is 10.1. The summed E-state index contributed by atoms with van der Waals surface area (Å²) in [5.41, 5.74) is -1.48. The first-order chi connectivity index (χ1) is 11.1. The molecule has 1 rings (SSSR count). The van der Waals surface area contributed by atoms with Gasteiger partial charge in [0.25, 0.3) is 0 Å².